The first kappa shape index (κ1) is 21.9. The minimum atomic E-state index is -1.85. The molecule has 0 unspecified atom stereocenters. The lowest BCUT2D eigenvalue weighted by molar-refractivity contribution is 0.0532. The zero-order valence-electron chi connectivity index (χ0n) is 17.3. The zero-order valence-corrected chi connectivity index (χ0v) is 18.3. The second kappa shape index (κ2) is 9.54. The Bertz CT molecular complexity index is 389. The number of unbranched alkanes of at least 4 members (excludes halogenated alkanes) is 2. The number of hydrogen-bond donors (Lipinski definition) is 1. The van der Waals surface area contributed by atoms with E-state index in [0.29, 0.717) is 5.92 Å². The van der Waals surface area contributed by atoms with Gasteiger partial charge in [0, 0.05) is 0 Å². The molecular weight excluding hydrogens is 312 g/mol. The lowest BCUT2D eigenvalue weighted by Gasteiger charge is -2.40. The fraction of sp³-hybridized carbons (Fsp3) is 0.905. The average Bonchev–Trinajstić information content (AvgIpc) is 2.50. The van der Waals surface area contributed by atoms with Gasteiger partial charge in [-0.25, -0.2) is 0 Å². The lowest BCUT2D eigenvalue weighted by Crippen LogP contribution is -2.47. The van der Waals surface area contributed by atoms with Gasteiger partial charge in [-0.05, 0) is 55.8 Å². The molecule has 1 fully saturated rings. The second-order valence-electron chi connectivity index (χ2n) is 9.21. The molecule has 1 saturated carbocycles. The molecule has 0 aromatic heterocycles. The van der Waals surface area contributed by atoms with Crippen LogP contribution in [0.1, 0.15) is 86.0 Å². The normalized spacial score (nSPS) is 20.9. The van der Waals surface area contributed by atoms with Gasteiger partial charge in [-0.2, -0.15) is 0 Å². The largest absolute Gasteiger partial charge is 0.411 e. The highest BCUT2D eigenvalue weighted by molar-refractivity contribution is 6.74. The number of aliphatic hydroxyl groups is 1. The second-order valence-corrected chi connectivity index (χ2v) is 14.0. The lowest BCUT2D eigenvalue weighted by atomic mass is 9.80. The molecule has 0 aromatic carbocycles. The first-order valence-electron chi connectivity index (χ1n) is 10.2. The van der Waals surface area contributed by atoms with Crippen LogP contribution in [0.5, 0.6) is 0 Å². The monoisotopic (exact) mass is 354 g/mol. The van der Waals surface area contributed by atoms with Gasteiger partial charge in [0.1, 0.15) is 0 Å². The predicted molar refractivity (Wildman–Crippen MR) is 108 cm³/mol. The molecule has 0 aliphatic heterocycles. The predicted octanol–water partition coefficient (Wildman–Crippen LogP) is 6.45. The SMILES string of the molecule is CCCC/C=C(/C1CCCCC1)[C@H](O)[C@H](C)O[Si](C)(C)C(C)(C)C. The Kier molecular flexibility index (Phi) is 8.71. The fourth-order valence-corrected chi connectivity index (χ4v) is 4.83. The van der Waals surface area contributed by atoms with Crippen molar-refractivity contribution in [3.05, 3.63) is 11.6 Å². The summed E-state index contributed by atoms with van der Waals surface area (Å²) >= 11 is 0. The molecule has 24 heavy (non-hydrogen) atoms. The molecule has 0 saturated heterocycles. The van der Waals surface area contributed by atoms with Gasteiger partial charge in [0.15, 0.2) is 8.32 Å². The summed E-state index contributed by atoms with van der Waals surface area (Å²) in [6.07, 6.45) is 11.7. The molecule has 1 rings (SSSR count). The summed E-state index contributed by atoms with van der Waals surface area (Å²) in [5.41, 5.74) is 1.27. The number of hydrogen-bond acceptors (Lipinski definition) is 2. The zero-order chi connectivity index (χ0) is 18.4. The van der Waals surface area contributed by atoms with E-state index in [-0.39, 0.29) is 11.1 Å². The van der Waals surface area contributed by atoms with Crippen LogP contribution in [0, 0.1) is 5.92 Å². The minimum Gasteiger partial charge on any atom is -0.411 e. The van der Waals surface area contributed by atoms with Gasteiger partial charge in [-0.1, -0.05) is 65.9 Å². The van der Waals surface area contributed by atoms with Crippen LogP contribution >= 0.6 is 0 Å². The summed E-state index contributed by atoms with van der Waals surface area (Å²) in [5.74, 6) is 0.566. The molecule has 0 radical (unpaired) electrons. The quantitative estimate of drug-likeness (QED) is 0.308. The van der Waals surface area contributed by atoms with Crippen molar-refractivity contribution in [2.75, 3.05) is 0 Å². The molecule has 3 heteroatoms. The summed E-state index contributed by atoms with van der Waals surface area (Å²) in [6.45, 7) is 15.6. The third kappa shape index (κ3) is 6.31. The van der Waals surface area contributed by atoms with Crippen molar-refractivity contribution in [2.24, 2.45) is 5.92 Å². The maximum Gasteiger partial charge on any atom is 0.192 e. The Hall–Kier alpha value is -0.123. The number of allylic oxidation sites excluding steroid dienone is 1. The highest BCUT2D eigenvalue weighted by atomic mass is 28.4. The van der Waals surface area contributed by atoms with Crippen LogP contribution in [0.25, 0.3) is 0 Å². The topological polar surface area (TPSA) is 29.5 Å². The van der Waals surface area contributed by atoms with Crippen LogP contribution < -0.4 is 0 Å². The molecule has 0 heterocycles. The van der Waals surface area contributed by atoms with Crippen molar-refractivity contribution in [3.63, 3.8) is 0 Å². The van der Waals surface area contributed by atoms with E-state index in [4.69, 9.17) is 4.43 Å². The molecule has 1 N–H and O–H groups in total. The van der Waals surface area contributed by atoms with Crippen molar-refractivity contribution in [2.45, 2.75) is 116 Å². The van der Waals surface area contributed by atoms with Crippen LogP contribution in [0.15, 0.2) is 11.6 Å². The molecule has 0 bridgehead atoms. The summed E-state index contributed by atoms with van der Waals surface area (Å²) < 4.78 is 6.49. The Labute approximate surface area is 152 Å². The van der Waals surface area contributed by atoms with Gasteiger partial charge in [0.05, 0.1) is 12.2 Å². The molecule has 0 spiro atoms. The van der Waals surface area contributed by atoms with Crippen LogP contribution in [0.3, 0.4) is 0 Å². The van der Waals surface area contributed by atoms with Crippen LogP contribution in [0.4, 0.5) is 0 Å². The minimum absolute atomic E-state index is 0.110. The fourth-order valence-electron chi connectivity index (χ4n) is 3.41. The van der Waals surface area contributed by atoms with Crippen LogP contribution in [0.2, 0.25) is 18.1 Å². The maximum atomic E-state index is 11.1. The Morgan fingerprint density at radius 2 is 1.79 bits per heavy atom. The van der Waals surface area contributed by atoms with Crippen LogP contribution in [-0.2, 0) is 4.43 Å². The van der Waals surface area contributed by atoms with Gasteiger partial charge < -0.3 is 9.53 Å². The Morgan fingerprint density at radius 1 is 1.21 bits per heavy atom. The van der Waals surface area contributed by atoms with Crippen molar-refractivity contribution >= 4 is 8.32 Å². The summed E-state index contributed by atoms with van der Waals surface area (Å²) in [7, 11) is -1.85. The van der Waals surface area contributed by atoms with Gasteiger partial charge in [-0.3, -0.25) is 0 Å². The van der Waals surface area contributed by atoms with Crippen molar-refractivity contribution < 1.29 is 9.53 Å². The third-order valence-electron chi connectivity index (χ3n) is 6.09. The van der Waals surface area contributed by atoms with E-state index in [1.54, 1.807) is 0 Å². The number of aliphatic hydroxyl groups excluding tert-OH is 1. The van der Waals surface area contributed by atoms with Crippen molar-refractivity contribution in [3.8, 4) is 0 Å². The van der Waals surface area contributed by atoms with E-state index in [1.165, 1.54) is 50.5 Å². The summed E-state index contributed by atoms with van der Waals surface area (Å²) in [6, 6.07) is 0. The molecule has 0 amide bonds. The van der Waals surface area contributed by atoms with Crippen molar-refractivity contribution in [1.82, 2.24) is 0 Å². The highest BCUT2D eigenvalue weighted by Crippen LogP contribution is 2.39. The van der Waals surface area contributed by atoms with E-state index < -0.39 is 14.4 Å². The number of rotatable bonds is 8. The standard InChI is InChI=1S/C21H42O2Si/c1-8-9-11-16-19(18-14-12-10-13-15-18)20(22)17(2)23-24(6,7)21(3,4)5/h16-18,20,22H,8-15H2,1-7H3/b19-16-/t17-,20+/m0/s1. The Morgan fingerprint density at radius 3 is 2.29 bits per heavy atom. The molecule has 142 valence electrons. The maximum absolute atomic E-state index is 11.1. The third-order valence-corrected chi connectivity index (χ3v) is 10.7. The van der Waals surface area contributed by atoms with E-state index in [2.05, 4.69) is 53.8 Å². The first-order valence-corrected chi connectivity index (χ1v) is 13.1. The average molecular weight is 355 g/mol. The van der Waals surface area contributed by atoms with Gasteiger partial charge in [0.25, 0.3) is 0 Å². The van der Waals surface area contributed by atoms with E-state index in [9.17, 15) is 5.11 Å². The van der Waals surface area contributed by atoms with Gasteiger partial charge in [-0.15, -0.1) is 0 Å². The summed E-state index contributed by atoms with van der Waals surface area (Å²) in [5, 5.41) is 11.3. The molecule has 2 atom stereocenters. The molecule has 1 aliphatic carbocycles. The molecular formula is C21H42O2Si. The molecule has 2 nitrogen and oxygen atoms in total. The van der Waals surface area contributed by atoms with E-state index in [0.717, 1.165) is 6.42 Å². The smallest absolute Gasteiger partial charge is 0.192 e. The van der Waals surface area contributed by atoms with E-state index >= 15 is 0 Å². The molecule has 0 aromatic rings. The van der Waals surface area contributed by atoms with E-state index in [1.807, 2.05) is 0 Å². The van der Waals surface area contributed by atoms with Gasteiger partial charge >= 0.3 is 0 Å². The Balaban J connectivity index is 2.85. The van der Waals surface area contributed by atoms with Crippen molar-refractivity contribution in [1.29, 1.82) is 0 Å². The first-order chi connectivity index (χ1) is 11.1. The van der Waals surface area contributed by atoms with Crippen LogP contribution in [-0.4, -0.2) is 25.6 Å². The van der Waals surface area contributed by atoms with Gasteiger partial charge in [0.2, 0.25) is 0 Å². The summed E-state index contributed by atoms with van der Waals surface area (Å²) in [4.78, 5) is 0. The highest BCUT2D eigenvalue weighted by Gasteiger charge is 2.40. The molecule has 1 aliphatic rings.